The number of aromatic nitrogens is 3. The highest BCUT2D eigenvalue weighted by Gasteiger charge is 2.24. The van der Waals surface area contributed by atoms with Crippen LogP contribution in [0.3, 0.4) is 0 Å². The molecule has 0 saturated heterocycles. The first-order valence-corrected chi connectivity index (χ1v) is 7.18. The first kappa shape index (κ1) is 17.5. The molecule has 3 aromatic rings. The fraction of sp³-hybridized carbons (Fsp3) is 0. The van der Waals surface area contributed by atoms with E-state index in [9.17, 15) is 20.3 Å². The van der Waals surface area contributed by atoms with E-state index in [2.05, 4.69) is 23.7 Å². The summed E-state index contributed by atoms with van der Waals surface area (Å²) in [6.45, 7) is 0. The molecular formula is C13H6Cl2N4O7. The Bertz CT molecular complexity index is 972. The molecule has 0 unspecified atom stereocenters. The molecule has 0 fully saturated rings. The van der Waals surface area contributed by atoms with Crippen LogP contribution in [-0.2, 0) is 0 Å². The minimum atomic E-state index is -0.886. The normalized spacial score (nSPS) is 10.5. The van der Waals surface area contributed by atoms with Crippen molar-refractivity contribution >= 4 is 29.4 Å². The Morgan fingerprint density at radius 3 is 2.38 bits per heavy atom. The van der Waals surface area contributed by atoms with Gasteiger partial charge in [0.2, 0.25) is 11.6 Å². The van der Waals surface area contributed by atoms with E-state index in [1.807, 2.05) is 0 Å². The van der Waals surface area contributed by atoms with Crippen molar-refractivity contribution in [3.05, 3.63) is 34.6 Å². The average molecular weight is 401 g/mol. The lowest BCUT2D eigenvalue weighted by atomic mass is 10.1. The Morgan fingerprint density at radius 1 is 1.15 bits per heavy atom. The quantitative estimate of drug-likeness (QED) is 0.370. The maximum atomic E-state index is 10.9. The first-order valence-electron chi connectivity index (χ1n) is 6.56. The number of pyridine rings is 1. The number of hydrogen-bond acceptors (Lipinski definition) is 10. The van der Waals surface area contributed by atoms with Gasteiger partial charge in [0, 0.05) is 6.07 Å². The standard InChI is InChI=1S/C13H6Cl2N4O7/c14-24-8-3-16-4-9(25-15)10(8)12-17-13(26-18-12)5-1-6(19(22)23)11(21)7(20)2-5/h1-4,20-21H. The predicted octanol–water partition coefficient (Wildman–Crippen LogP) is 3.18. The first-order chi connectivity index (χ1) is 12.5. The Labute approximate surface area is 153 Å². The zero-order valence-electron chi connectivity index (χ0n) is 12.3. The molecule has 11 nitrogen and oxygen atoms in total. The molecule has 1 aromatic carbocycles. The molecule has 0 spiro atoms. The van der Waals surface area contributed by atoms with E-state index >= 15 is 0 Å². The van der Waals surface area contributed by atoms with Gasteiger partial charge in [-0.15, -0.1) is 0 Å². The van der Waals surface area contributed by atoms with Gasteiger partial charge in [-0.1, -0.05) is 5.16 Å². The number of phenols is 2. The summed E-state index contributed by atoms with van der Waals surface area (Å²) in [6, 6.07) is 1.97. The Hall–Kier alpha value is -3.31. The van der Waals surface area contributed by atoms with Crippen molar-refractivity contribution in [2.24, 2.45) is 0 Å². The predicted molar refractivity (Wildman–Crippen MR) is 85.9 cm³/mol. The van der Waals surface area contributed by atoms with E-state index in [1.165, 1.54) is 12.4 Å². The lowest BCUT2D eigenvalue weighted by Gasteiger charge is -2.05. The number of halogens is 2. The highest BCUT2D eigenvalue weighted by molar-refractivity contribution is 6.10. The minimum Gasteiger partial charge on any atom is -0.504 e. The van der Waals surface area contributed by atoms with Gasteiger partial charge in [-0.2, -0.15) is 4.98 Å². The fourth-order valence-electron chi connectivity index (χ4n) is 2.07. The van der Waals surface area contributed by atoms with Crippen molar-refractivity contribution in [2.45, 2.75) is 0 Å². The molecule has 0 amide bonds. The fourth-order valence-corrected chi connectivity index (χ4v) is 2.30. The van der Waals surface area contributed by atoms with Crippen LogP contribution < -0.4 is 8.58 Å². The van der Waals surface area contributed by atoms with Crippen molar-refractivity contribution < 1.29 is 28.2 Å². The van der Waals surface area contributed by atoms with Crippen LogP contribution in [0.5, 0.6) is 23.0 Å². The Morgan fingerprint density at radius 2 is 1.81 bits per heavy atom. The molecule has 13 heteroatoms. The third kappa shape index (κ3) is 3.00. The van der Waals surface area contributed by atoms with Crippen LogP contribution in [0.15, 0.2) is 29.0 Å². The molecule has 3 rings (SSSR count). The third-order valence-electron chi connectivity index (χ3n) is 3.21. The molecule has 0 aliphatic carbocycles. The van der Waals surface area contributed by atoms with Gasteiger partial charge in [0.1, 0.15) is 29.3 Å². The average Bonchev–Trinajstić information content (AvgIpc) is 3.12. The lowest BCUT2D eigenvalue weighted by Crippen LogP contribution is -1.92. The number of rotatable bonds is 5. The highest BCUT2D eigenvalue weighted by Crippen LogP contribution is 2.41. The molecule has 0 aliphatic heterocycles. The maximum Gasteiger partial charge on any atom is 0.315 e. The summed E-state index contributed by atoms with van der Waals surface area (Å²) in [7, 11) is 0. The zero-order chi connectivity index (χ0) is 18.8. The van der Waals surface area contributed by atoms with E-state index in [1.54, 1.807) is 0 Å². The van der Waals surface area contributed by atoms with E-state index in [0.717, 1.165) is 12.1 Å². The molecule has 2 aromatic heterocycles. The van der Waals surface area contributed by atoms with Crippen LogP contribution in [0.25, 0.3) is 22.8 Å². The van der Waals surface area contributed by atoms with Gasteiger partial charge in [0.15, 0.2) is 17.2 Å². The summed E-state index contributed by atoms with van der Waals surface area (Å²) in [4.78, 5) is 17.9. The maximum absolute atomic E-state index is 10.9. The number of benzene rings is 1. The smallest absolute Gasteiger partial charge is 0.315 e. The summed E-state index contributed by atoms with van der Waals surface area (Å²) in [5, 5.41) is 33.8. The van der Waals surface area contributed by atoms with E-state index < -0.39 is 22.1 Å². The van der Waals surface area contributed by atoms with E-state index in [4.69, 9.17) is 28.3 Å². The van der Waals surface area contributed by atoms with Crippen LogP contribution in [-0.4, -0.2) is 30.3 Å². The van der Waals surface area contributed by atoms with Gasteiger partial charge in [0.25, 0.3) is 5.89 Å². The third-order valence-corrected chi connectivity index (χ3v) is 3.54. The Balaban J connectivity index is 2.12. The molecule has 2 heterocycles. The number of nitro groups is 1. The molecule has 0 radical (unpaired) electrons. The zero-order valence-corrected chi connectivity index (χ0v) is 13.8. The van der Waals surface area contributed by atoms with E-state index in [-0.39, 0.29) is 34.3 Å². The monoisotopic (exact) mass is 400 g/mol. The van der Waals surface area contributed by atoms with Gasteiger partial charge in [-0.25, -0.2) is 0 Å². The molecule has 134 valence electrons. The SMILES string of the molecule is O=[N+]([O-])c1cc(-c2nc(-c3c(OCl)cncc3OCl)no2)cc(O)c1O. The van der Waals surface area contributed by atoms with Crippen LogP contribution >= 0.6 is 23.7 Å². The topological polar surface area (TPSA) is 154 Å². The summed E-state index contributed by atoms with van der Waals surface area (Å²) in [6.07, 6.45) is 2.49. The van der Waals surface area contributed by atoms with Crippen LogP contribution in [0, 0.1) is 10.1 Å². The van der Waals surface area contributed by atoms with Crippen LogP contribution in [0.1, 0.15) is 0 Å². The van der Waals surface area contributed by atoms with Gasteiger partial charge in [0.05, 0.1) is 22.9 Å². The molecule has 0 saturated carbocycles. The van der Waals surface area contributed by atoms with Gasteiger partial charge in [-0.3, -0.25) is 15.1 Å². The highest BCUT2D eigenvalue weighted by atomic mass is 35.5. The minimum absolute atomic E-state index is 0.0108. The van der Waals surface area contributed by atoms with Crippen molar-refractivity contribution in [3.63, 3.8) is 0 Å². The second-order valence-electron chi connectivity index (χ2n) is 4.71. The number of hydrogen-bond donors (Lipinski definition) is 2. The number of nitro benzene ring substituents is 1. The van der Waals surface area contributed by atoms with Crippen molar-refractivity contribution in [3.8, 4) is 45.8 Å². The van der Waals surface area contributed by atoms with Crippen molar-refractivity contribution in [2.75, 3.05) is 0 Å². The molecular weight excluding hydrogens is 395 g/mol. The molecule has 26 heavy (non-hydrogen) atoms. The van der Waals surface area contributed by atoms with Crippen molar-refractivity contribution in [1.82, 2.24) is 15.1 Å². The number of nitrogens with zero attached hydrogens (tertiary/aromatic N) is 4. The lowest BCUT2D eigenvalue weighted by molar-refractivity contribution is -0.385. The van der Waals surface area contributed by atoms with Crippen molar-refractivity contribution in [1.29, 1.82) is 0 Å². The molecule has 0 aliphatic rings. The second kappa shape index (κ2) is 6.90. The van der Waals surface area contributed by atoms with Gasteiger partial charge in [-0.05, 0) is 6.07 Å². The second-order valence-corrected chi connectivity index (χ2v) is 5.02. The summed E-state index contributed by atoms with van der Waals surface area (Å²) >= 11 is 10.7. The van der Waals surface area contributed by atoms with Gasteiger partial charge >= 0.3 is 5.69 Å². The van der Waals surface area contributed by atoms with Crippen LogP contribution in [0.2, 0.25) is 0 Å². The number of aromatic hydroxyl groups is 2. The Kier molecular flexibility index (Phi) is 4.65. The van der Waals surface area contributed by atoms with E-state index in [0.29, 0.717) is 0 Å². The molecule has 0 bridgehead atoms. The summed E-state index contributed by atoms with van der Waals surface area (Å²) in [5.41, 5.74) is -0.641. The molecule has 2 N–H and O–H groups in total. The largest absolute Gasteiger partial charge is 0.504 e. The number of phenolic OH excluding ortho intramolecular Hbond substituents is 2. The molecule has 0 atom stereocenters. The summed E-state index contributed by atoms with van der Waals surface area (Å²) < 4.78 is 14.3. The summed E-state index contributed by atoms with van der Waals surface area (Å²) in [5.74, 6) is -1.87. The van der Waals surface area contributed by atoms with Gasteiger partial charge < -0.3 is 23.3 Å². The van der Waals surface area contributed by atoms with Crippen LogP contribution in [0.4, 0.5) is 5.69 Å².